The lowest BCUT2D eigenvalue weighted by Gasteiger charge is -2.21. The van der Waals surface area contributed by atoms with Gasteiger partial charge in [-0.15, -0.1) is 0 Å². The topological polar surface area (TPSA) is 55.5 Å². The van der Waals surface area contributed by atoms with E-state index in [2.05, 4.69) is 4.84 Å². The SMILES string of the molecule is CC(O)(CON)c1ccccc1. The summed E-state index contributed by atoms with van der Waals surface area (Å²) >= 11 is 0. The number of hydrogen-bond acceptors (Lipinski definition) is 3. The largest absolute Gasteiger partial charge is 0.383 e. The molecule has 1 atom stereocenters. The van der Waals surface area contributed by atoms with E-state index >= 15 is 0 Å². The molecular weight excluding hydrogens is 154 g/mol. The van der Waals surface area contributed by atoms with Gasteiger partial charge in [-0.05, 0) is 12.5 Å². The third-order valence-electron chi connectivity index (χ3n) is 1.76. The fourth-order valence-electron chi connectivity index (χ4n) is 1.04. The van der Waals surface area contributed by atoms with Gasteiger partial charge in [-0.3, -0.25) is 0 Å². The third kappa shape index (κ3) is 2.04. The van der Waals surface area contributed by atoms with Crippen molar-refractivity contribution in [2.75, 3.05) is 6.61 Å². The molecule has 0 radical (unpaired) electrons. The Hall–Kier alpha value is -0.900. The van der Waals surface area contributed by atoms with Crippen molar-refractivity contribution in [3.63, 3.8) is 0 Å². The molecule has 0 fully saturated rings. The lowest BCUT2D eigenvalue weighted by atomic mass is 9.97. The third-order valence-corrected chi connectivity index (χ3v) is 1.76. The molecule has 1 aromatic rings. The van der Waals surface area contributed by atoms with E-state index in [1.807, 2.05) is 30.3 Å². The summed E-state index contributed by atoms with van der Waals surface area (Å²) in [7, 11) is 0. The molecule has 3 nitrogen and oxygen atoms in total. The highest BCUT2D eigenvalue weighted by atomic mass is 16.6. The van der Waals surface area contributed by atoms with Crippen LogP contribution < -0.4 is 5.90 Å². The van der Waals surface area contributed by atoms with Gasteiger partial charge in [-0.25, -0.2) is 5.90 Å². The molecule has 3 heteroatoms. The lowest BCUT2D eigenvalue weighted by Crippen LogP contribution is -2.29. The number of nitrogens with two attached hydrogens (primary N) is 1. The van der Waals surface area contributed by atoms with Crippen molar-refractivity contribution in [3.05, 3.63) is 35.9 Å². The average molecular weight is 167 g/mol. The summed E-state index contributed by atoms with van der Waals surface area (Å²) in [5.74, 6) is 4.89. The van der Waals surface area contributed by atoms with Gasteiger partial charge in [-0.2, -0.15) is 0 Å². The molecule has 0 aliphatic heterocycles. The predicted octanol–water partition coefficient (Wildman–Crippen LogP) is 0.784. The van der Waals surface area contributed by atoms with Crippen molar-refractivity contribution in [1.29, 1.82) is 0 Å². The minimum Gasteiger partial charge on any atom is -0.383 e. The zero-order chi connectivity index (χ0) is 9.03. The lowest BCUT2D eigenvalue weighted by molar-refractivity contribution is -0.0387. The molecule has 0 amide bonds. The molecule has 0 aromatic heterocycles. The smallest absolute Gasteiger partial charge is 0.112 e. The second kappa shape index (κ2) is 3.67. The Kier molecular flexibility index (Phi) is 2.81. The van der Waals surface area contributed by atoms with Crippen LogP contribution in [-0.2, 0) is 10.4 Å². The highest BCUT2D eigenvalue weighted by Crippen LogP contribution is 2.19. The molecular formula is C9H13NO2. The van der Waals surface area contributed by atoms with Crippen molar-refractivity contribution in [2.24, 2.45) is 5.90 Å². The Morgan fingerprint density at radius 1 is 1.42 bits per heavy atom. The van der Waals surface area contributed by atoms with E-state index in [1.165, 1.54) is 0 Å². The molecule has 0 bridgehead atoms. The van der Waals surface area contributed by atoms with Gasteiger partial charge in [0, 0.05) is 0 Å². The molecule has 0 aliphatic carbocycles. The number of benzene rings is 1. The highest BCUT2D eigenvalue weighted by molar-refractivity contribution is 5.21. The molecule has 0 saturated carbocycles. The summed E-state index contributed by atoms with van der Waals surface area (Å²) in [4.78, 5) is 4.41. The van der Waals surface area contributed by atoms with Crippen molar-refractivity contribution in [3.8, 4) is 0 Å². The van der Waals surface area contributed by atoms with Gasteiger partial charge in [0.1, 0.15) is 12.2 Å². The van der Waals surface area contributed by atoms with Crippen LogP contribution in [0.25, 0.3) is 0 Å². The van der Waals surface area contributed by atoms with Crippen LogP contribution in [0.1, 0.15) is 12.5 Å². The van der Waals surface area contributed by atoms with E-state index in [0.29, 0.717) is 0 Å². The molecule has 1 aromatic carbocycles. The van der Waals surface area contributed by atoms with Gasteiger partial charge in [0.2, 0.25) is 0 Å². The fraction of sp³-hybridized carbons (Fsp3) is 0.333. The first-order valence-electron chi connectivity index (χ1n) is 3.76. The molecule has 12 heavy (non-hydrogen) atoms. The van der Waals surface area contributed by atoms with Crippen LogP contribution in [0.4, 0.5) is 0 Å². The first kappa shape index (κ1) is 9.19. The Balaban J connectivity index is 2.82. The molecule has 66 valence electrons. The molecule has 1 unspecified atom stereocenters. The van der Waals surface area contributed by atoms with Gasteiger partial charge in [0.15, 0.2) is 0 Å². The zero-order valence-corrected chi connectivity index (χ0v) is 7.03. The molecule has 0 heterocycles. The van der Waals surface area contributed by atoms with Gasteiger partial charge >= 0.3 is 0 Å². The fourth-order valence-corrected chi connectivity index (χ4v) is 1.04. The highest BCUT2D eigenvalue weighted by Gasteiger charge is 2.22. The van der Waals surface area contributed by atoms with E-state index < -0.39 is 5.60 Å². The summed E-state index contributed by atoms with van der Waals surface area (Å²) in [6.07, 6.45) is 0. The quantitative estimate of drug-likeness (QED) is 0.654. The standard InChI is InChI=1S/C9H13NO2/c1-9(11,7-12-10)8-5-3-2-4-6-8/h2-6,11H,7,10H2,1H3. The normalized spacial score (nSPS) is 15.6. The Morgan fingerprint density at radius 3 is 2.50 bits per heavy atom. The Morgan fingerprint density at radius 2 is 2.00 bits per heavy atom. The van der Waals surface area contributed by atoms with Crippen LogP contribution in [-0.4, -0.2) is 11.7 Å². The van der Waals surface area contributed by atoms with Crippen LogP contribution in [0, 0.1) is 0 Å². The van der Waals surface area contributed by atoms with E-state index in [4.69, 9.17) is 5.90 Å². The Bertz CT molecular complexity index is 234. The summed E-state index contributed by atoms with van der Waals surface area (Å²) in [5.41, 5.74) is -0.203. The van der Waals surface area contributed by atoms with Gasteiger partial charge in [0.05, 0.1) is 0 Å². The van der Waals surface area contributed by atoms with Crippen LogP contribution in [0.5, 0.6) is 0 Å². The van der Waals surface area contributed by atoms with Gasteiger partial charge in [0.25, 0.3) is 0 Å². The Labute approximate surface area is 71.7 Å². The van der Waals surface area contributed by atoms with Crippen LogP contribution in [0.15, 0.2) is 30.3 Å². The summed E-state index contributed by atoms with van der Waals surface area (Å²) in [5, 5.41) is 9.78. The summed E-state index contributed by atoms with van der Waals surface area (Å²) in [6.45, 7) is 1.76. The number of aliphatic hydroxyl groups is 1. The maximum atomic E-state index is 9.78. The van der Waals surface area contributed by atoms with Gasteiger partial charge in [-0.1, -0.05) is 30.3 Å². The van der Waals surface area contributed by atoms with Crippen LogP contribution in [0.3, 0.4) is 0 Å². The molecule has 1 rings (SSSR count). The molecule has 3 N–H and O–H groups in total. The van der Waals surface area contributed by atoms with E-state index in [0.717, 1.165) is 5.56 Å². The maximum Gasteiger partial charge on any atom is 0.112 e. The van der Waals surface area contributed by atoms with Crippen LogP contribution >= 0.6 is 0 Å². The predicted molar refractivity (Wildman–Crippen MR) is 46.2 cm³/mol. The minimum absolute atomic E-state index is 0.0943. The van der Waals surface area contributed by atoms with E-state index in [1.54, 1.807) is 6.92 Å². The van der Waals surface area contributed by atoms with Crippen molar-refractivity contribution in [2.45, 2.75) is 12.5 Å². The van der Waals surface area contributed by atoms with E-state index in [-0.39, 0.29) is 6.61 Å². The first-order valence-corrected chi connectivity index (χ1v) is 3.76. The van der Waals surface area contributed by atoms with Crippen molar-refractivity contribution >= 4 is 0 Å². The zero-order valence-electron chi connectivity index (χ0n) is 7.03. The van der Waals surface area contributed by atoms with E-state index in [9.17, 15) is 5.11 Å². The second-order valence-electron chi connectivity index (χ2n) is 2.95. The summed E-state index contributed by atoms with van der Waals surface area (Å²) in [6, 6.07) is 9.28. The number of hydrogen-bond donors (Lipinski definition) is 2. The minimum atomic E-state index is -1.00. The molecule has 0 spiro atoms. The maximum absolute atomic E-state index is 9.78. The van der Waals surface area contributed by atoms with Gasteiger partial charge < -0.3 is 9.94 Å². The molecule has 0 aliphatic rings. The van der Waals surface area contributed by atoms with Crippen molar-refractivity contribution < 1.29 is 9.94 Å². The van der Waals surface area contributed by atoms with Crippen molar-refractivity contribution in [1.82, 2.24) is 0 Å². The average Bonchev–Trinajstić information content (AvgIpc) is 2.06. The first-order chi connectivity index (χ1) is 5.67. The second-order valence-corrected chi connectivity index (χ2v) is 2.95. The number of rotatable bonds is 3. The summed E-state index contributed by atoms with van der Waals surface area (Å²) < 4.78 is 0. The monoisotopic (exact) mass is 167 g/mol. The van der Waals surface area contributed by atoms with Crippen LogP contribution in [0.2, 0.25) is 0 Å². The molecule has 0 saturated heterocycles.